The lowest BCUT2D eigenvalue weighted by Gasteiger charge is -2.19. The van der Waals surface area contributed by atoms with E-state index in [1.54, 1.807) is 44.2 Å². The molecule has 2 amide bonds. The molecule has 0 bridgehead atoms. The Kier molecular flexibility index (Phi) is 6.87. The summed E-state index contributed by atoms with van der Waals surface area (Å²) in [5, 5.41) is 16.3. The second-order valence-corrected chi connectivity index (χ2v) is 5.84. The van der Waals surface area contributed by atoms with Gasteiger partial charge in [0.15, 0.2) is 0 Å². The van der Waals surface area contributed by atoms with E-state index in [9.17, 15) is 19.7 Å². The molecule has 0 aliphatic carbocycles. The van der Waals surface area contributed by atoms with E-state index < -0.39 is 17.1 Å². The third-order valence-electron chi connectivity index (χ3n) is 3.87. The Labute approximate surface area is 156 Å². The summed E-state index contributed by atoms with van der Waals surface area (Å²) in [4.78, 5) is 34.7. The van der Waals surface area contributed by atoms with Gasteiger partial charge in [-0.2, -0.15) is 0 Å². The van der Waals surface area contributed by atoms with Crippen molar-refractivity contribution < 1.29 is 19.2 Å². The van der Waals surface area contributed by atoms with E-state index >= 15 is 0 Å². The molecule has 0 aliphatic rings. The van der Waals surface area contributed by atoms with Crippen molar-refractivity contribution in [2.45, 2.75) is 26.3 Å². The number of nitrogens with zero attached hydrogens (tertiary/aromatic N) is 1. The highest BCUT2D eigenvalue weighted by Crippen LogP contribution is 2.23. The van der Waals surface area contributed by atoms with Crippen LogP contribution in [0.25, 0.3) is 0 Å². The van der Waals surface area contributed by atoms with Crippen LogP contribution in [0.3, 0.4) is 0 Å². The van der Waals surface area contributed by atoms with Gasteiger partial charge in [-0.15, -0.1) is 0 Å². The molecule has 0 saturated carbocycles. The normalized spacial score (nSPS) is 11.3. The van der Waals surface area contributed by atoms with Crippen molar-refractivity contribution in [2.24, 2.45) is 0 Å². The number of carbonyl (C=O) groups is 2. The maximum Gasteiger partial charge on any atom is 0.407 e. The molecule has 8 nitrogen and oxygen atoms in total. The number of anilines is 1. The maximum atomic E-state index is 12.5. The highest BCUT2D eigenvalue weighted by Gasteiger charge is 2.20. The number of non-ortho nitro benzene ring substituents is 1. The molecule has 0 aliphatic heterocycles. The Hall–Kier alpha value is -3.42. The highest BCUT2D eigenvalue weighted by atomic mass is 16.6. The van der Waals surface area contributed by atoms with Gasteiger partial charge < -0.3 is 15.4 Å². The zero-order valence-corrected chi connectivity index (χ0v) is 15.1. The van der Waals surface area contributed by atoms with E-state index in [-0.39, 0.29) is 24.6 Å². The number of nitro groups is 1. The molecule has 2 aromatic carbocycles. The Morgan fingerprint density at radius 2 is 1.89 bits per heavy atom. The number of alkyl carbamates (subject to hydrolysis) is 1. The van der Waals surface area contributed by atoms with E-state index in [0.29, 0.717) is 11.3 Å². The van der Waals surface area contributed by atoms with Crippen molar-refractivity contribution in [1.29, 1.82) is 0 Å². The number of nitrogens with one attached hydrogen (secondary N) is 2. The van der Waals surface area contributed by atoms with Crippen molar-refractivity contribution in [2.75, 3.05) is 11.9 Å². The number of benzene rings is 2. The zero-order chi connectivity index (χ0) is 19.8. The van der Waals surface area contributed by atoms with Gasteiger partial charge in [-0.3, -0.25) is 14.9 Å². The van der Waals surface area contributed by atoms with Gasteiger partial charge in [0.2, 0.25) is 5.91 Å². The first kappa shape index (κ1) is 19.9. The van der Waals surface area contributed by atoms with Gasteiger partial charge in [-0.1, -0.05) is 36.4 Å². The standard InChI is InChI=1S/C19H21N3O5/c1-3-27-19(24)21-17(14-7-5-4-6-8-14)12-18(23)20-16-11-15(22(25)26)10-9-13(16)2/h4-11,17H,3,12H2,1-2H3,(H,20,23)(H,21,24)/t17-/m1/s1. The number of carbonyl (C=O) groups excluding carboxylic acids is 2. The molecule has 0 saturated heterocycles. The van der Waals surface area contributed by atoms with Crippen molar-refractivity contribution in [3.8, 4) is 0 Å². The molecule has 142 valence electrons. The van der Waals surface area contributed by atoms with E-state index in [1.807, 2.05) is 6.07 Å². The van der Waals surface area contributed by atoms with Crippen LogP contribution in [0.4, 0.5) is 16.2 Å². The zero-order valence-electron chi connectivity index (χ0n) is 15.1. The lowest BCUT2D eigenvalue weighted by Crippen LogP contribution is -2.32. The van der Waals surface area contributed by atoms with Gasteiger partial charge in [0.1, 0.15) is 0 Å². The monoisotopic (exact) mass is 371 g/mol. The molecule has 2 N–H and O–H groups in total. The summed E-state index contributed by atoms with van der Waals surface area (Å²) in [6.45, 7) is 3.65. The summed E-state index contributed by atoms with van der Waals surface area (Å²) in [5.74, 6) is -0.385. The smallest absolute Gasteiger partial charge is 0.407 e. The van der Waals surface area contributed by atoms with Crippen LogP contribution < -0.4 is 10.6 Å². The third-order valence-corrected chi connectivity index (χ3v) is 3.87. The van der Waals surface area contributed by atoms with Crippen LogP contribution in [0.2, 0.25) is 0 Å². The number of nitro benzene ring substituents is 1. The SMILES string of the molecule is CCOC(=O)N[C@H](CC(=O)Nc1cc([N+](=O)[O-])ccc1C)c1ccccc1. The van der Waals surface area contributed by atoms with Gasteiger partial charge in [0.05, 0.1) is 29.7 Å². The molecule has 1 atom stereocenters. The predicted octanol–water partition coefficient (Wildman–Crippen LogP) is 3.72. The second kappa shape index (κ2) is 9.33. The largest absolute Gasteiger partial charge is 0.450 e. The first-order chi connectivity index (χ1) is 12.9. The van der Waals surface area contributed by atoms with Crippen molar-refractivity contribution in [3.05, 3.63) is 69.8 Å². The van der Waals surface area contributed by atoms with Crippen molar-refractivity contribution >= 4 is 23.4 Å². The molecule has 2 rings (SSSR count). The fourth-order valence-electron chi connectivity index (χ4n) is 2.50. The number of aryl methyl sites for hydroxylation is 1. The second-order valence-electron chi connectivity index (χ2n) is 5.84. The highest BCUT2D eigenvalue weighted by molar-refractivity contribution is 5.92. The van der Waals surface area contributed by atoms with E-state index in [0.717, 1.165) is 5.56 Å². The van der Waals surface area contributed by atoms with Crippen molar-refractivity contribution in [3.63, 3.8) is 0 Å². The fraction of sp³-hybridized carbons (Fsp3) is 0.263. The average Bonchev–Trinajstić information content (AvgIpc) is 2.63. The molecular formula is C19H21N3O5. The number of hydrogen-bond donors (Lipinski definition) is 2. The minimum Gasteiger partial charge on any atom is -0.450 e. The summed E-state index contributed by atoms with van der Waals surface area (Å²) in [6.07, 6.45) is -0.670. The number of hydrogen-bond acceptors (Lipinski definition) is 5. The molecule has 0 spiro atoms. The van der Waals surface area contributed by atoms with Crippen LogP contribution >= 0.6 is 0 Å². The summed E-state index contributed by atoms with van der Waals surface area (Å²) in [7, 11) is 0. The molecule has 0 fully saturated rings. The molecule has 8 heteroatoms. The minimum atomic E-state index is -0.620. The van der Waals surface area contributed by atoms with Gasteiger partial charge in [-0.25, -0.2) is 4.79 Å². The van der Waals surface area contributed by atoms with Gasteiger partial charge >= 0.3 is 6.09 Å². The lowest BCUT2D eigenvalue weighted by molar-refractivity contribution is -0.384. The number of rotatable bonds is 7. The van der Waals surface area contributed by atoms with Crippen LogP contribution in [0, 0.1) is 17.0 Å². The fourth-order valence-corrected chi connectivity index (χ4v) is 2.50. The van der Waals surface area contributed by atoms with Gasteiger partial charge in [-0.05, 0) is 25.0 Å². The average molecular weight is 371 g/mol. The van der Waals surface area contributed by atoms with Crippen molar-refractivity contribution in [1.82, 2.24) is 5.32 Å². The quantitative estimate of drug-likeness (QED) is 0.569. The lowest BCUT2D eigenvalue weighted by atomic mass is 10.0. The van der Waals surface area contributed by atoms with E-state index in [4.69, 9.17) is 4.74 Å². The van der Waals surface area contributed by atoms with E-state index in [1.165, 1.54) is 12.1 Å². The van der Waals surface area contributed by atoms with Gasteiger partial charge in [0, 0.05) is 12.1 Å². The molecule has 0 aromatic heterocycles. The molecule has 0 unspecified atom stereocenters. The topological polar surface area (TPSA) is 111 Å². The van der Waals surface area contributed by atoms with E-state index in [2.05, 4.69) is 10.6 Å². The predicted molar refractivity (Wildman–Crippen MR) is 100 cm³/mol. The number of amides is 2. The molecule has 0 heterocycles. The van der Waals surface area contributed by atoms with Crippen LogP contribution in [0.1, 0.15) is 30.5 Å². The molecular weight excluding hydrogens is 350 g/mol. The summed E-state index contributed by atoms with van der Waals surface area (Å²) in [5.41, 5.74) is 1.69. The first-order valence-electron chi connectivity index (χ1n) is 8.43. The first-order valence-corrected chi connectivity index (χ1v) is 8.43. The molecule has 0 radical (unpaired) electrons. The summed E-state index contributed by atoms with van der Waals surface area (Å²) < 4.78 is 4.90. The van der Waals surface area contributed by atoms with Crippen LogP contribution in [0.15, 0.2) is 48.5 Å². The van der Waals surface area contributed by atoms with Gasteiger partial charge in [0.25, 0.3) is 5.69 Å². The summed E-state index contributed by atoms with van der Waals surface area (Å²) in [6, 6.07) is 12.7. The molecule has 27 heavy (non-hydrogen) atoms. The third kappa shape index (κ3) is 5.81. The van der Waals surface area contributed by atoms with Crippen LogP contribution in [-0.4, -0.2) is 23.5 Å². The van der Waals surface area contributed by atoms with Crippen LogP contribution in [-0.2, 0) is 9.53 Å². The maximum absolute atomic E-state index is 12.5. The Balaban J connectivity index is 2.15. The Morgan fingerprint density at radius 3 is 2.52 bits per heavy atom. The molecule has 2 aromatic rings. The Morgan fingerprint density at radius 1 is 1.19 bits per heavy atom. The number of ether oxygens (including phenoxy) is 1. The summed E-state index contributed by atoms with van der Waals surface area (Å²) >= 11 is 0. The minimum absolute atomic E-state index is 0.0506. The Bertz CT molecular complexity index is 823. The van der Waals surface area contributed by atoms with Crippen LogP contribution in [0.5, 0.6) is 0 Å².